The lowest BCUT2D eigenvalue weighted by Crippen LogP contribution is -3.14. The van der Waals surface area contributed by atoms with E-state index in [4.69, 9.17) is 0 Å². The summed E-state index contributed by atoms with van der Waals surface area (Å²) < 4.78 is 0. The zero-order valence-electron chi connectivity index (χ0n) is 13.2. The fraction of sp³-hybridized carbons (Fsp3) is 0.444. The lowest BCUT2D eigenvalue weighted by molar-refractivity contribution is -0.893. The Morgan fingerprint density at radius 3 is 2.78 bits per heavy atom. The summed E-state index contributed by atoms with van der Waals surface area (Å²) >= 11 is 0. The lowest BCUT2D eigenvalue weighted by Gasteiger charge is -2.29. The zero-order valence-corrected chi connectivity index (χ0v) is 13.2. The number of Topliss-reactive ketones (excluding diaryl/α,β-unsaturated/α-hetero) is 1. The Bertz CT molecular complexity index is 755. The molecule has 5 nitrogen and oxygen atoms in total. The van der Waals surface area contributed by atoms with Crippen molar-refractivity contribution < 1.29 is 14.5 Å². The Hall–Kier alpha value is -2.14. The third-order valence-corrected chi connectivity index (χ3v) is 5.15. The van der Waals surface area contributed by atoms with E-state index in [9.17, 15) is 9.59 Å². The topological polar surface area (TPSA) is 57.6 Å². The molecule has 2 aromatic rings. The van der Waals surface area contributed by atoms with Crippen molar-refractivity contribution >= 4 is 22.6 Å². The molecule has 0 unspecified atom stereocenters. The van der Waals surface area contributed by atoms with Gasteiger partial charge in [-0.2, -0.15) is 0 Å². The van der Waals surface area contributed by atoms with Gasteiger partial charge >= 0.3 is 0 Å². The number of amides is 1. The van der Waals surface area contributed by atoms with Crippen LogP contribution in [0.2, 0.25) is 0 Å². The van der Waals surface area contributed by atoms with Gasteiger partial charge in [0.1, 0.15) is 5.78 Å². The number of aromatic nitrogens is 1. The molecule has 1 aromatic carbocycles. The van der Waals surface area contributed by atoms with Crippen molar-refractivity contribution in [3.05, 3.63) is 35.5 Å². The van der Waals surface area contributed by atoms with Crippen LogP contribution in [0.1, 0.15) is 24.1 Å². The van der Waals surface area contributed by atoms with Crippen LogP contribution in [-0.4, -0.2) is 47.8 Å². The smallest absolute Gasteiger partial charge is 0.278 e. The number of rotatable bonds is 2. The fourth-order valence-electron chi connectivity index (χ4n) is 3.76. The molecule has 3 heterocycles. The molecule has 4 rings (SSSR count). The summed E-state index contributed by atoms with van der Waals surface area (Å²) in [4.78, 5) is 30.7. The number of carbonyl (C=O) groups is 2. The maximum absolute atomic E-state index is 12.6. The number of para-hydroxylation sites is 1. The number of carbonyl (C=O) groups excluding carboxylic acids is 2. The van der Waals surface area contributed by atoms with Gasteiger partial charge in [0, 0.05) is 41.7 Å². The van der Waals surface area contributed by atoms with Crippen LogP contribution in [0.15, 0.2) is 24.3 Å². The number of nitrogens with zero attached hydrogens (tertiary/aromatic N) is 1. The van der Waals surface area contributed by atoms with Gasteiger partial charge in [0.05, 0.1) is 25.9 Å². The minimum Gasteiger partial charge on any atom is -0.358 e. The van der Waals surface area contributed by atoms with Gasteiger partial charge in [-0.05, 0) is 6.07 Å². The molecule has 2 aliphatic rings. The molecule has 120 valence electrons. The van der Waals surface area contributed by atoms with E-state index in [1.165, 1.54) is 21.5 Å². The largest absolute Gasteiger partial charge is 0.358 e. The number of H-pyrrole nitrogens is 1. The third-order valence-electron chi connectivity index (χ3n) is 5.15. The molecule has 2 aliphatic heterocycles. The summed E-state index contributed by atoms with van der Waals surface area (Å²) in [5, 5.41) is 1.23. The molecule has 1 amide bonds. The van der Waals surface area contributed by atoms with Gasteiger partial charge in [0.15, 0.2) is 6.54 Å². The summed E-state index contributed by atoms with van der Waals surface area (Å²) in [6.45, 7) is 3.60. The zero-order chi connectivity index (χ0) is 15.8. The van der Waals surface area contributed by atoms with Crippen molar-refractivity contribution in [2.75, 3.05) is 26.2 Å². The minimum absolute atomic E-state index is 0.213. The molecule has 0 radical (unpaired) electrons. The number of hydrogen-bond acceptors (Lipinski definition) is 2. The Labute approximate surface area is 135 Å². The van der Waals surface area contributed by atoms with Crippen LogP contribution in [0.5, 0.6) is 0 Å². The Balaban J connectivity index is 1.47. The van der Waals surface area contributed by atoms with E-state index in [0.717, 1.165) is 31.6 Å². The maximum atomic E-state index is 12.6. The van der Waals surface area contributed by atoms with Gasteiger partial charge in [-0.25, -0.2) is 0 Å². The van der Waals surface area contributed by atoms with Crippen LogP contribution < -0.4 is 4.90 Å². The van der Waals surface area contributed by atoms with E-state index in [-0.39, 0.29) is 5.91 Å². The first kappa shape index (κ1) is 14.5. The first-order valence-electron chi connectivity index (χ1n) is 8.42. The number of benzene rings is 1. The molecule has 0 bridgehead atoms. The summed E-state index contributed by atoms with van der Waals surface area (Å²) in [6, 6.07) is 8.30. The molecule has 0 aliphatic carbocycles. The predicted molar refractivity (Wildman–Crippen MR) is 87.2 cm³/mol. The summed E-state index contributed by atoms with van der Waals surface area (Å²) in [7, 11) is 0. The van der Waals surface area contributed by atoms with Crippen molar-refractivity contribution in [1.82, 2.24) is 9.88 Å². The van der Waals surface area contributed by atoms with Crippen molar-refractivity contribution in [2.24, 2.45) is 0 Å². The minimum atomic E-state index is 0.213. The highest BCUT2D eigenvalue weighted by Crippen LogP contribution is 2.27. The molecule has 23 heavy (non-hydrogen) atoms. The molecule has 5 heteroatoms. The molecular weight excluding hydrogens is 290 g/mol. The monoisotopic (exact) mass is 312 g/mol. The number of ketones is 1. The van der Waals surface area contributed by atoms with E-state index in [2.05, 4.69) is 17.1 Å². The molecule has 1 fully saturated rings. The number of piperidine rings is 1. The quantitative estimate of drug-likeness (QED) is 0.838. The Morgan fingerprint density at radius 2 is 1.96 bits per heavy atom. The van der Waals surface area contributed by atoms with Crippen molar-refractivity contribution in [3.8, 4) is 0 Å². The van der Waals surface area contributed by atoms with Crippen molar-refractivity contribution in [1.29, 1.82) is 0 Å². The number of fused-ring (bicyclic) bond motifs is 3. The molecule has 1 aromatic heterocycles. The third kappa shape index (κ3) is 2.77. The molecule has 2 N–H and O–H groups in total. The Kier molecular flexibility index (Phi) is 3.65. The first-order chi connectivity index (χ1) is 11.2. The van der Waals surface area contributed by atoms with E-state index < -0.39 is 0 Å². The van der Waals surface area contributed by atoms with Crippen LogP contribution in [-0.2, 0) is 22.6 Å². The first-order valence-corrected chi connectivity index (χ1v) is 8.42. The number of nitrogens with one attached hydrogen (secondary N) is 2. The highest BCUT2D eigenvalue weighted by Gasteiger charge is 2.28. The van der Waals surface area contributed by atoms with E-state index in [1.54, 1.807) is 0 Å². The van der Waals surface area contributed by atoms with Crippen LogP contribution in [0.4, 0.5) is 0 Å². The van der Waals surface area contributed by atoms with Gasteiger partial charge in [-0.1, -0.05) is 18.2 Å². The lowest BCUT2D eigenvalue weighted by atomic mass is 10.0. The molecule has 1 saturated heterocycles. The average Bonchev–Trinajstić information content (AvgIpc) is 2.94. The molecule has 0 saturated carbocycles. The molecule has 0 atom stereocenters. The summed E-state index contributed by atoms with van der Waals surface area (Å²) in [6.07, 6.45) is 2.13. The SMILES string of the molecule is O=C1CC[NH+](CC(=O)N2CCc3[nH]c4ccccc4c3C2)CC1. The van der Waals surface area contributed by atoms with Crippen LogP contribution >= 0.6 is 0 Å². The molecule has 0 spiro atoms. The number of hydrogen-bond donors (Lipinski definition) is 2. The van der Waals surface area contributed by atoms with Gasteiger partial charge in [0.2, 0.25) is 0 Å². The van der Waals surface area contributed by atoms with Gasteiger partial charge in [-0.3, -0.25) is 9.59 Å². The van der Waals surface area contributed by atoms with E-state index in [1.807, 2.05) is 17.0 Å². The standard InChI is InChI=1S/C18H21N3O2/c22-13-5-8-20(9-6-13)12-18(23)21-10-7-17-15(11-21)14-3-1-2-4-16(14)19-17/h1-4,19H,5-12H2/p+1. The van der Waals surface area contributed by atoms with Crippen LogP contribution in [0, 0.1) is 0 Å². The molecular formula is C18H22N3O2+. The fourth-order valence-corrected chi connectivity index (χ4v) is 3.76. The highest BCUT2D eigenvalue weighted by molar-refractivity contribution is 5.86. The van der Waals surface area contributed by atoms with Crippen LogP contribution in [0.25, 0.3) is 10.9 Å². The number of aromatic amines is 1. The van der Waals surface area contributed by atoms with Crippen LogP contribution in [0.3, 0.4) is 0 Å². The summed E-state index contributed by atoms with van der Waals surface area (Å²) in [5.74, 6) is 0.549. The number of likely N-dealkylation sites (tertiary alicyclic amines) is 1. The van der Waals surface area contributed by atoms with E-state index >= 15 is 0 Å². The van der Waals surface area contributed by atoms with E-state index in [0.29, 0.717) is 31.7 Å². The van der Waals surface area contributed by atoms with Crippen molar-refractivity contribution in [3.63, 3.8) is 0 Å². The van der Waals surface area contributed by atoms with Gasteiger partial charge in [-0.15, -0.1) is 0 Å². The normalized spacial score (nSPS) is 19.1. The summed E-state index contributed by atoms with van der Waals surface area (Å²) in [5.41, 5.74) is 3.70. The second-order valence-electron chi connectivity index (χ2n) is 6.66. The Morgan fingerprint density at radius 1 is 1.17 bits per heavy atom. The number of quaternary nitrogens is 1. The predicted octanol–water partition coefficient (Wildman–Crippen LogP) is 0.300. The van der Waals surface area contributed by atoms with Gasteiger partial charge < -0.3 is 14.8 Å². The second-order valence-corrected chi connectivity index (χ2v) is 6.66. The second kappa shape index (κ2) is 5.81. The van der Waals surface area contributed by atoms with Crippen molar-refractivity contribution in [2.45, 2.75) is 25.8 Å². The van der Waals surface area contributed by atoms with Gasteiger partial charge in [0.25, 0.3) is 5.91 Å². The highest BCUT2D eigenvalue weighted by atomic mass is 16.2. The average molecular weight is 312 g/mol. The maximum Gasteiger partial charge on any atom is 0.278 e.